The summed E-state index contributed by atoms with van der Waals surface area (Å²) in [5.74, 6) is 1.27. The van der Waals surface area contributed by atoms with E-state index in [1.54, 1.807) is 12.3 Å². The van der Waals surface area contributed by atoms with Gasteiger partial charge in [-0.25, -0.2) is 4.98 Å². The molecule has 4 rings (SSSR count). The van der Waals surface area contributed by atoms with Gasteiger partial charge in [0.2, 0.25) is 0 Å². The molecule has 1 saturated heterocycles. The smallest absolute Gasteiger partial charge is 0.274 e. The van der Waals surface area contributed by atoms with Gasteiger partial charge in [-0.3, -0.25) is 4.79 Å². The van der Waals surface area contributed by atoms with Gasteiger partial charge in [0, 0.05) is 18.8 Å². The lowest BCUT2D eigenvalue weighted by Crippen LogP contribution is -2.24. The summed E-state index contributed by atoms with van der Waals surface area (Å²) in [4.78, 5) is 19.2. The van der Waals surface area contributed by atoms with Crippen LogP contribution in [0.1, 0.15) is 36.2 Å². The zero-order valence-corrected chi connectivity index (χ0v) is 16.4. The second kappa shape index (κ2) is 9.24. The van der Waals surface area contributed by atoms with E-state index in [1.165, 1.54) is 25.7 Å². The third-order valence-corrected chi connectivity index (χ3v) is 5.04. The minimum absolute atomic E-state index is 0.218. The van der Waals surface area contributed by atoms with Crippen molar-refractivity contribution < 1.29 is 9.53 Å². The maximum absolute atomic E-state index is 12.5. The summed E-state index contributed by atoms with van der Waals surface area (Å²) in [6.45, 7) is 2.12. The first-order valence-corrected chi connectivity index (χ1v) is 10.1. The lowest BCUT2D eigenvalue weighted by atomic mass is 10.2. The number of carbonyl (C=O) groups excluding carboxylic acids is 1. The lowest BCUT2D eigenvalue weighted by Gasteiger charge is -2.22. The van der Waals surface area contributed by atoms with Gasteiger partial charge in [-0.2, -0.15) is 0 Å². The van der Waals surface area contributed by atoms with Crippen LogP contribution in [-0.2, 0) is 0 Å². The van der Waals surface area contributed by atoms with Crippen molar-refractivity contribution in [3.63, 3.8) is 0 Å². The molecule has 148 valence electrons. The molecule has 3 aromatic rings. The number of rotatable bonds is 5. The number of amides is 1. The second-order valence-corrected chi connectivity index (χ2v) is 7.20. The summed E-state index contributed by atoms with van der Waals surface area (Å²) in [7, 11) is 0. The molecule has 2 heterocycles. The van der Waals surface area contributed by atoms with Crippen LogP contribution in [0.5, 0.6) is 11.5 Å². The van der Waals surface area contributed by atoms with E-state index in [4.69, 9.17) is 4.74 Å². The fraction of sp³-hybridized carbons (Fsp3) is 0.250. The van der Waals surface area contributed by atoms with Crippen LogP contribution < -0.4 is 15.0 Å². The molecule has 0 saturated carbocycles. The van der Waals surface area contributed by atoms with Crippen molar-refractivity contribution in [2.75, 3.05) is 23.3 Å². The highest BCUT2D eigenvalue weighted by Crippen LogP contribution is 2.23. The van der Waals surface area contributed by atoms with Gasteiger partial charge in [-0.15, -0.1) is 0 Å². The molecule has 1 aromatic heterocycles. The molecule has 1 aliphatic rings. The highest BCUT2D eigenvalue weighted by Gasteiger charge is 2.12. The molecule has 0 aliphatic carbocycles. The van der Waals surface area contributed by atoms with E-state index in [0.717, 1.165) is 24.5 Å². The monoisotopic (exact) mass is 387 g/mol. The first kappa shape index (κ1) is 19.0. The number of hydrogen-bond donors (Lipinski definition) is 1. The molecule has 2 aromatic carbocycles. The summed E-state index contributed by atoms with van der Waals surface area (Å²) >= 11 is 0. The molecule has 1 amide bonds. The number of pyridine rings is 1. The average Bonchev–Trinajstić information content (AvgIpc) is 3.06. The van der Waals surface area contributed by atoms with E-state index >= 15 is 0 Å². The van der Waals surface area contributed by atoms with Crippen molar-refractivity contribution in [1.29, 1.82) is 0 Å². The highest BCUT2D eigenvalue weighted by atomic mass is 16.5. The number of para-hydroxylation sites is 1. The Labute approximate surface area is 171 Å². The van der Waals surface area contributed by atoms with Crippen molar-refractivity contribution in [2.24, 2.45) is 0 Å². The van der Waals surface area contributed by atoms with Gasteiger partial charge in [0.05, 0.1) is 11.9 Å². The number of nitrogens with one attached hydrogen (secondary N) is 1. The zero-order valence-electron chi connectivity index (χ0n) is 16.4. The van der Waals surface area contributed by atoms with Crippen LogP contribution in [0.3, 0.4) is 0 Å². The van der Waals surface area contributed by atoms with E-state index < -0.39 is 0 Å². The molecule has 0 spiro atoms. The lowest BCUT2D eigenvalue weighted by molar-refractivity contribution is 0.102. The van der Waals surface area contributed by atoms with Crippen molar-refractivity contribution in [1.82, 2.24) is 4.98 Å². The Balaban J connectivity index is 1.36. The Kier molecular flexibility index (Phi) is 6.05. The topological polar surface area (TPSA) is 54.5 Å². The zero-order chi connectivity index (χ0) is 19.9. The first-order valence-electron chi connectivity index (χ1n) is 10.1. The Bertz CT molecular complexity index is 917. The Morgan fingerprint density at radius 2 is 1.52 bits per heavy atom. The van der Waals surface area contributed by atoms with E-state index in [9.17, 15) is 4.79 Å². The van der Waals surface area contributed by atoms with Gasteiger partial charge in [0.25, 0.3) is 5.91 Å². The molecule has 1 N–H and O–H groups in total. The van der Waals surface area contributed by atoms with E-state index in [-0.39, 0.29) is 5.91 Å². The highest BCUT2D eigenvalue weighted by molar-refractivity contribution is 6.02. The molecule has 1 fully saturated rings. The maximum atomic E-state index is 12.5. The molecule has 5 nitrogen and oxygen atoms in total. The number of nitrogens with zero attached hydrogens (tertiary/aromatic N) is 2. The third-order valence-electron chi connectivity index (χ3n) is 5.04. The first-order chi connectivity index (χ1) is 14.3. The van der Waals surface area contributed by atoms with Gasteiger partial charge < -0.3 is 15.0 Å². The molecular formula is C24H25N3O2. The number of carbonyl (C=O) groups is 1. The number of benzene rings is 2. The Morgan fingerprint density at radius 1 is 0.828 bits per heavy atom. The number of hydrogen-bond acceptors (Lipinski definition) is 4. The number of aromatic nitrogens is 1. The van der Waals surface area contributed by atoms with Gasteiger partial charge >= 0.3 is 0 Å². The Morgan fingerprint density at radius 3 is 2.17 bits per heavy atom. The van der Waals surface area contributed by atoms with Crippen molar-refractivity contribution in [3.8, 4) is 11.5 Å². The molecule has 1 aliphatic heterocycles. The standard InChI is InChI=1S/C24H25N3O2/c28-24(23-15-12-20(18-25-23)27-16-6-1-2-7-17-27)26-19-10-13-22(14-11-19)29-21-8-4-3-5-9-21/h3-5,8-15,18H,1-2,6-7,16-17H2,(H,26,28). The SMILES string of the molecule is O=C(Nc1ccc(Oc2ccccc2)cc1)c1ccc(N2CCCCCC2)cn1. The van der Waals surface area contributed by atoms with Crippen LogP contribution in [0.15, 0.2) is 72.9 Å². The summed E-state index contributed by atoms with van der Waals surface area (Å²) < 4.78 is 5.77. The predicted octanol–water partition coefficient (Wildman–Crippen LogP) is 5.51. The van der Waals surface area contributed by atoms with Crippen LogP contribution in [0, 0.1) is 0 Å². The van der Waals surface area contributed by atoms with Gasteiger partial charge in [0.15, 0.2) is 0 Å². The Hall–Kier alpha value is -3.34. The summed E-state index contributed by atoms with van der Waals surface area (Å²) in [6.07, 6.45) is 6.81. The molecule has 5 heteroatoms. The van der Waals surface area contributed by atoms with Gasteiger partial charge in [-0.05, 0) is 61.4 Å². The van der Waals surface area contributed by atoms with Crippen molar-refractivity contribution in [3.05, 3.63) is 78.6 Å². The predicted molar refractivity (Wildman–Crippen MR) is 116 cm³/mol. The fourth-order valence-corrected chi connectivity index (χ4v) is 3.46. The summed E-state index contributed by atoms with van der Waals surface area (Å²) in [5, 5.41) is 2.89. The minimum atomic E-state index is -0.218. The quantitative estimate of drug-likeness (QED) is 0.627. The molecule has 0 atom stereocenters. The normalized spacial score (nSPS) is 14.1. The van der Waals surface area contributed by atoms with Crippen LogP contribution in [0.2, 0.25) is 0 Å². The van der Waals surface area contributed by atoms with E-state index in [1.807, 2.05) is 60.7 Å². The third kappa shape index (κ3) is 5.13. The maximum Gasteiger partial charge on any atom is 0.274 e. The molecular weight excluding hydrogens is 362 g/mol. The molecule has 0 unspecified atom stereocenters. The minimum Gasteiger partial charge on any atom is -0.457 e. The molecule has 0 bridgehead atoms. The van der Waals surface area contributed by atoms with Crippen LogP contribution >= 0.6 is 0 Å². The largest absolute Gasteiger partial charge is 0.457 e. The summed E-state index contributed by atoms with van der Waals surface area (Å²) in [6, 6.07) is 20.7. The van der Waals surface area contributed by atoms with Gasteiger partial charge in [-0.1, -0.05) is 31.0 Å². The van der Waals surface area contributed by atoms with Crippen molar-refractivity contribution in [2.45, 2.75) is 25.7 Å². The van der Waals surface area contributed by atoms with Crippen LogP contribution in [0.25, 0.3) is 0 Å². The van der Waals surface area contributed by atoms with E-state index in [0.29, 0.717) is 17.1 Å². The number of ether oxygens (including phenoxy) is 1. The van der Waals surface area contributed by atoms with E-state index in [2.05, 4.69) is 15.2 Å². The fourth-order valence-electron chi connectivity index (χ4n) is 3.46. The van der Waals surface area contributed by atoms with Crippen LogP contribution in [0.4, 0.5) is 11.4 Å². The van der Waals surface area contributed by atoms with Crippen LogP contribution in [-0.4, -0.2) is 24.0 Å². The number of anilines is 2. The summed E-state index contributed by atoms with van der Waals surface area (Å²) in [5.41, 5.74) is 2.20. The average molecular weight is 387 g/mol. The molecule has 29 heavy (non-hydrogen) atoms. The molecule has 0 radical (unpaired) electrons. The second-order valence-electron chi connectivity index (χ2n) is 7.20. The van der Waals surface area contributed by atoms with Crippen molar-refractivity contribution >= 4 is 17.3 Å². The van der Waals surface area contributed by atoms with Gasteiger partial charge in [0.1, 0.15) is 17.2 Å².